The molecule has 0 unspecified atom stereocenters. The summed E-state index contributed by atoms with van der Waals surface area (Å²) in [4.78, 5) is 12.6. The lowest BCUT2D eigenvalue weighted by Gasteiger charge is -2.02. The molecule has 0 bridgehead atoms. The molecule has 2 aromatic rings. The molecule has 0 aliphatic heterocycles. The first-order valence-corrected chi connectivity index (χ1v) is 6.52. The van der Waals surface area contributed by atoms with E-state index in [1.54, 1.807) is 18.6 Å². The van der Waals surface area contributed by atoms with Gasteiger partial charge in [0.2, 0.25) is 0 Å². The van der Waals surface area contributed by atoms with Crippen LogP contribution in [-0.2, 0) is 11.2 Å². The van der Waals surface area contributed by atoms with E-state index < -0.39 is 0 Å². The van der Waals surface area contributed by atoms with E-state index in [1.807, 2.05) is 24.3 Å². The Morgan fingerprint density at radius 2 is 2.12 bits per heavy atom. The van der Waals surface area contributed by atoms with Gasteiger partial charge in [0, 0.05) is 11.3 Å². The fourth-order valence-electron chi connectivity index (χ4n) is 1.39. The number of hydrogen-bond acceptors (Lipinski definition) is 3. The fourth-order valence-corrected chi connectivity index (χ4v) is 2.49. The minimum absolute atomic E-state index is 0.163. The Bertz CT molecular complexity index is 494. The average molecular weight is 267 g/mol. The minimum atomic E-state index is 0.163. The quantitative estimate of drug-likeness (QED) is 0.771. The standard InChI is InChI=1S/C13H11ClO2S/c14-12-3-1-2-4-13(12)17-9-11(15)7-10-5-6-16-8-10/h1-6,8H,7,9H2. The van der Waals surface area contributed by atoms with Crippen molar-refractivity contribution in [2.75, 3.05) is 5.75 Å². The number of carbonyl (C=O) groups excluding carboxylic acids is 1. The zero-order valence-corrected chi connectivity index (χ0v) is 10.6. The van der Waals surface area contributed by atoms with Gasteiger partial charge in [-0.2, -0.15) is 0 Å². The topological polar surface area (TPSA) is 30.2 Å². The van der Waals surface area contributed by atoms with Crippen molar-refractivity contribution in [3.05, 3.63) is 53.4 Å². The number of hydrogen-bond donors (Lipinski definition) is 0. The molecule has 0 spiro atoms. The molecule has 88 valence electrons. The van der Waals surface area contributed by atoms with E-state index in [1.165, 1.54) is 11.8 Å². The second kappa shape index (κ2) is 5.94. The number of ketones is 1. The number of halogens is 1. The molecule has 4 heteroatoms. The molecule has 0 aliphatic carbocycles. The molecule has 1 aromatic carbocycles. The van der Waals surface area contributed by atoms with Crippen LogP contribution in [0.4, 0.5) is 0 Å². The number of Topliss-reactive ketones (excluding diaryl/α,β-unsaturated/α-hetero) is 1. The first-order valence-electron chi connectivity index (χ1n) is 5.16. The van der Waals surface area contributed by atoms with E-state index in [9.17, 15) is 4.79 Å². The number of carbonyl (C=O) groups is 1. The first kappa shape index (κ1) is 12.3. The van der Waals surface area contributed by atoms with Gasteiger partial charge in [-0.25, -0.2) is 0 Å². The van der Waals surface area contributed by atoms with Gasteiger partial charge in [0.05, 0.1) is 23.3 Å². The van der Waals surface area contributed by atoms with Crippen LogP contribution in [0, 0.1) is 0 Å². The van der Waals surface area contributed by atoms with Crippen LogP contribution in [0.25, 0.3) is 0 Å². The Balaban J connectivity index is 1.86. The van der Waals surface area contributed by atoms with Crippen LogP contribution < -0.4 is 0 Å². The van der Waals surface area contributed by atoms with Gasteiger partial charge < -0.3 is 4.42 Å². The zero-order chi connectivity index (χ0) is 12.1. The molecule has 17 heavy (non-hydrogen) atoms. The van der Waals surface area contributed by atoms with E-state index >= 15 is 0 Å². The highest BCUT2D eigenvalue weighted by Gasteiger charge is 2.07. The van der Waals surface area contributed by atoms with Gasteiger partial charge in [-0.05, 0) is 23.8 Å². The molecule has 0 N–H and O–H groups in total. The van der Waals surface area contributed by atoms with Gasteiger partial charge in [0.25, 0.3) is 0 Å². The van der Waals surface area contributed by atoms with Crippen molar-refractivity contribution in [3.63, 3.8) is 0 Å². The monoisotopic (exact) mass is 266 g/mol. The summed E-state index contributed by atoms with van der Waals surface area (Å²) in [7, 11) is 0. The van der Waals surface area contributed by atoms with Crippen LogP contribution in [0.5, 0.6) is 0 Å². The highest BCUT2D eigenvalue weighted by molar-refractivity contribution is 8.00. The predicted octanol–water partition coefficient (Wildman–Crippen LogP) is 3.84. The molecule has 0 fully saturated rings. The molecular formula is C13H11ClO2S. The van der Waals surface area contributed by atoms with Crippen molar-refractivity contribution in [3.8, 4) is 0 Å². The zero-order valence-electron chi connectivity index (χ0n) is 9.06. The molecule has 0 saturated carbocycles. The third-order valence-corrected chi connectivity index (χ3v) is 3.78. The highest BCUT2D eigenvalue weighted by Crippen LogP contribution is 2.26. The summed E-state index contributed by atoms with van der Waals surface area (Å²) in [5.74, 6) is 0.589. The maximum atomic E-state index is 11.7. The van der Waals surface area contributed by atoms with Crippen LogP contribution in [0.15, 0.2) is 52.2 Å². The van der Waals surface area contributed by atoms with Crippen LogP contribution in [0.2, 0.25) is 5.02 Å². The second-order valence-corrected chi connectivity index (χ2v) is 4.99. The smallest absolute Gasteiger partial charge is 0.147 e. The lowest BCUT2D eigenvalue weighted by molar-refractivity contribution is -0.116. The predicted molar refractivity (Wildman–Crippen MR) is 69.6 cm³/mol. The number of rotatable bonds is 5. The van der Waals surface area contributed by atoms with E-state index in [2.05, 4.69) is 0 Å². The largest absolute Gasteiger partial charge is 0.472 e. The second-order valence-electron chi connectivity index (χ2n) is 3.57. The molecular weight excluding hydrogens is 256 g/mol. The first-order chi connectivity index (χ1) is 8.25. The lowest BCUT2D eigenvalue weighted by Crippen LogP contribution is -2.04. The number of benzene rings is 1. The Morgan fingerprint density at radius 3 is 2.82 bits per heavy atom. The minimum Gasteiger partial charge on any atom is -0.472 e. The molecule has 2 nitrogen and oxygen atoms in total. The van der Waals surface area contributed by atoms with Crippen LogP contribution >= 0.6 is 23.4 Å². The van der Waals surface area contributed by atoms with Crippen molar-refractivity contribution in [1.29, 1.82) is 0 Å². The fraction of sp³-hybridized carbons (Fsp3) is 0.154. The Kier molecular flexibility index (Phi) is 4.29. The van der Waals surface area contributed by atoms with Crippen molar-refractivity contribution >= 4 is 29.1 Å². The van der Waals surface area contributed by atoms with Crippen LogP contribution in [0.3, 0.4) is 0 Å². The third-order valence-electron chi connectivity index (χ3n) is 2.21. The summed E-state index contributed by atoms with van der Waals surface area (Å²) >= 11 is 7.47. The molecule has 1 aromatic heterocycles. The maximum absolute atomic E-state index is 11.7. The van der Waals surface area contributed by atoms with E-state index in [0.717, 1.165) is 10.5 Å². The van der Waals surface area contributed by atoms with E-state index in [0.29, 0.717) is 17.2 Å². The van der Waals surface area contributed by atoms with E-state index in [4.69, 9.17) is 16.0 Å². The van der Waals surface area contributed by atoms with Gasteiger partial charge >= 0.3 is 0 Å². The third kappa shape index (κ3) is 3.65. The van der Waals surface area contributed by atoms with Crippen LogP contribution in [-0.4, -0.2) is 11.5 Å². The average Bonchev–Trinajstić information content (AvgIpc) is 2.81. The number of thioether (sulfide) groups is 1. The Morgan fingerprint density at radius 1 is 1.29 bits per heavy atom. The number of furan rings is 1. The van der Waals surface area contributed by atoms with Crippen LogP contribution in [0.1, 0.15) is 5.56 Å². The lowest BCUT2D eigenvalue weighted by atomic mass is 10.2. The molecule has 0 saturated heterocycles. The van der Waals surface area contributed by atoms with Gasteiger partial charge in [0.1, 0.15) is 5.78 Å². The molecule has 0 radical (unpaired) electrons. The summed E-state index contributed by atoms with van der Waals surface area (Å²) < 4.78 is 4.92. The SMILES string of the molecule is O=C(CSc1ccccc1Cl)Cc1ccoc1. The van der Waals surface area contributed by atoms with Gasteiger partial charge in [-0.1, -0.05) is 23.7 Å². The highest BCUT2D eigenvalue weighted by atomic mass is 35.5. The van der Waals surface area contributed by atoms with Gasteiger partial charge in [-0.3, -0.25) is 4.79 Å². The molecule has 0 atom stereocenters. The van der Waals surface area contributed by atoms with Gasteiger partial charge in [0.15, 0.2) is 0 Å². The molecule has 2 rings (SSSR count). The van der Waals surface area contributed by atoms with Crippen molar-refractivity contribution in [2.24, 2.45) is 0 Å². The summed E-state index contributed by atoms with van der Waals surface area (Å²) in [5.41, 5.74) is 0.912. The van der Waals surface area contributed by atoms with E-state index in [-0.39, 0.29) is 5.78 Å². The maximum Gasteiger partial charge on any atom is 0.147 e. The summed E-state index contributed by atoms with van der Waals surface area (Å²) in [6.45, 7) is 0. The molecule has 0 aliphatic rings. The molecule has 0 amide bonds. The molecule has 1 heterocycles. The Labute approximate surface area is 109 Å². The van der Waals surface area contributed by atoms with Gasteiger partial charge in [-0.15, -0.1) is 11.8 Å². The van der Waals surface area contributed by atoms with Crippen molar-refractivity contribution in [1.82, 2.24) is 0 Å². The Hall–Kier alpha value is -1.19. The normalized spacial score (nSPS) is 10.4. The van der Waals surface area contributed by atoms with Crippen molar-refractivity contribution < 1.29 is 9.21 Å². The summed E-state index contributed by atoms with van der Waals surface area (Å²) in [6.07, 6.45) is 3.58. The summed E-state index contributed by atoms with van der Waals surface area (Å²) in [5, 5.41) is 0.689. The summed E-state index contributed by atoms with van der Waals surface area (Å²) in [6, 6.07) is 9.33. The van der Waals surface area contributed by atoms with Crippen molar-refractivity contribution in [2.45, 2.75) is 11.3 Å².